The number of carbonyl (C=O) groups excluding carboxylic acids is 1. The Morgan fingerprint density at radius 2 is 2.04 bits per heavy atom. The van der Waals surface area contributed by atoms with Crippen molar-refractivity contribution in [1.82, 2.24) is 0 Å². The maximum atomic E-state index is 12.5. The van der Waals surface area contributed by atoms with Gasteiger partial charge in [0, 0.05) is 23.0 Å². The second kappa shape index (κ2) is 6.19. The predicted molar refractivity (Wildman–Crippen MR) is 101 cm³/mol. The first-order chi connectivity index (χ1) is 12.8. The van der Waals surface area contributed by atoms with E-state index in [2.05, 4.69) is 0 Å². The van der Waals surface area contributed by atoms with E-state index in [9.17, 15) is 9.90 Å². The topological polar surface area (TPSA) is 65.0 Å². The summed E-state index contributed by atoms with van der Waals surface area (Å²) in [6.45, 7) is 8.34. The molecule has 2 atom stereocenters. The lowest BCUT2D eigenvalue weighted by Crippen LogP contribution is -2.49. The molecule has 0 saturated carbocycles. The Bertz CT molecular complexity index is 915. The average molecular weight is 368 g/mol. The van der Waals surface area contributed by atoms with Gasteiger partial charge in [-0.25, -0.2) is 4.79 Å². The molecule has 5 nitrogen and oxygen atoms in total. The van der Waals surface area contributed by atoms with Crippen molar-refractivity contribution in [1.29, 1.82) is 0 Å². The lowest BCUT2D eigenvalue weighted by atomic mass is 9.69. The predicted octanol–water partition coefficient (Wildman–Crippen LogP) is 4.19. The third-order valence-corrected chi connectivity index (χ3v) is 5.63. The minimum absolute atomic E-state index is 0.00329. The number of hydrogen-bond acceptors (Lipinski definition) is 5. The molecule has 2 aromatic rings. The minimum Gasteiger partial charge on any atom is -0.507 e. The molecular weight excluding hydrogens is 344 g/mol. The van der Waals surface area contributed by atoms with Gasteiger partial charge in [-0.1, -0.05) is 18.2 Å². The normalized spacial score (nSPS) is 21.8. The Labute approximate surface area is 158 Å². The standard InChI is InChI=1S/C22H24O5/c1-5-25-21(24)17-12(2)10-16-19(20(17)23)18-13-8-6-7-9-15(13)26-11-14(18)22(3,4)27-16/h6-10,14,18,23H,5,11H2,1-4H3/t14-,18+/m1/s1. The third-order valence-electron chi connectivity index (χ3n) is 5.63. The van der Waals surface area contributed by atoms with Crippen molar-refractivity contribution in [2.75, 3.05) is 13.2 Å². The van der Waals surface area contributed by atoms with Gasteiger partial charge in [-0.15, -0.1) is 0 Å². The average Bonchev–Trinajstić information content (AvgIpc) is 2.60. The second-order valence-electron chi connectivity index (χ2n) is 7.69. The molecule has 27 heavy (non-hydrogen) atoms. The first kappa shape index (κ1) is 17.7. The summed E-state index contributed by atoms with van der Waals surface area (Å²) in [6.07, 6.45) is 0. The van der Waals surface area contributed by atoms with Crippen LogP contribution >= 0.6 is 0 Å². The summed E-state index contributed by atoms with van der Waals surface area (Å²) in [7, 11) is 0. The maximum absolute atomic E-state index is 12.5. The van der Waals surface area contributed by atoms with Crippen LogP contribution in [0.5, 0.6) is 17.2 Å². The molecule has 2 aromatic carbocycles. The van der Waals surface area contributed by atoms with E-state index >= 15 is 0 Å². The molecule has 4 rings (SSSR count). The Morgan fingerprint density at radius 3 is 2.78 bits per heavy atom. The van der Waals surface area contributed by atoms with E-state index in [1.807, 2.05) is 44.2 Å². The number of ether oxygens (including phenoxy) is 3. The van der Waals surface area contributed by atoms with Crippen LogP contribution in [-0.4, -0.2) is 29.9 Å². The summed E-state index contributed by atoms with van der Waals surface area (Å²) in [5.41, 5.74) is 2.01. The van der Waals surface area contributed by atoms with Crippen molar-refractivity contribution in [3.8, 4) is 17.2 Å². The number of carbonyl (C=O) groups is 1. The first-order valence-corrected chi connectivity index (χ1v) is 9.29. The van der Waals surface area contributed by atoms with Gasteiger partial charge in [0.05, 0.1) is 13.2 Å². The molecular formula is C22H24O5. The van der Waals surface area contributed by atoms with Gasteiger partial charge in [0.25, 0.3) is 0 Å². The molecule has 2 aliphatic heterocycles. The number of phenolic OH excluding ortho intramolecular Hbond substituents is 1. The summed E-state index contributed by atoms with van der Waals surface area (Å²) in [6, 6.07) is 9.68. The van der Waals surface area contributed by atoms with Gasteiger partial charge in [-0.3, -0.25) is 0 Å². The molecule has 0 aromatic heterocycles. The molecule has 5 heteroatoms. The van der Waals surface area contributed by atoms with Crippen LogP contribution in [0.3, 0.4) is 0 Å². The molecule has 0 aliphatic carbocycles. The van der Waals surface area contributed by atoms with Crippen LogP contribution in [-0.2, 0) is 4.74 Å². The van der Waals surface area contributed by atoms with E-state index in [0.717, 1.165) is 11.3 Å². The summed E-state index contributed by atoms with van der Waals surface area (Å²) in [5, 5.41) is 11.1. The Kier molecular flexibility index (Phi) is 4.06. The minimum atomic E-state index is -0.517. The molecule has 0 saturated heterocycles. The monoisotopic (exact) mass is 368 g/mol. The molecule has 0 spiro atoms. The number of fused-ring (bicyclic) bond motifs is 5. The number of para-hydroxylation sites is 1. The smallest absolute Gasteiger partial charge is 0.342 e. The summed E-state index contributed by atoms with van der Waals surface area (Å²) in [4.78, 5) is 12.5. The summed E-state index contributed by atoms with van der Waals surface area (Å²) >= 11 is 0. The van der Waals surface area contributed by atoms with Crippen LogP contribution < -0.4 is 9.47 Å². The molecule has 2 heterocycles. The van der Waals surface area contributed by atoms with E-state index in [1.165, 1.54) is 0 Å². The van der Waals surface area contributed by atoms with Crippen LogP contribution in [0.2, 0.25) is 0 Å². The molecule has 0 amide bonds. The number of phenols is 1. The van der Waals surface area contributed by atoms with Crippen molar-refractivity contribution in [2.45, 2.75) is 39.2 Å². The van der Waals surface area contributed by atoms with Gasteiger partial charge >= 0.3 is 5.97 Å². The zero-order chi connectivity index (χ0) is 19.3. The zero-order valence-electron chi connectivity index (χ0n) is 16.0. The van der Waals surface area contributed by atoms with Crippen LogP contribution in [0.4, 0.5) is 0 Å². The highest BCUT2D eigenvalue weighted by atomic mass is 16.5. The highest BCUT2D eigenvalue weighted by molar-refractivity contribution is 5.95. The van der Waals surface area contributed by atoms with Gasteiger partial charge in [-0.05, 0) is 45.4 Å². The fourth-order valence-corrected chi connectivity index (χ4v) is 4.31. The fraction of sp³-hybridized carbons (Fsp3) is 0.409. The molecule has 142 valence electrons. The lowest BCUT2D eigenvalue weighted by molar-refractivity contribution is -0.0145. The highest BCUT2D eigenvalue weighted by Gasteiger charge is 2.49. The second-order valence-corrected chi connectivity index (χ2v) is 7.69. The number of hydrogen-bond donors (Lipinski definition) is 1. The molecule has 0 unspecified atom stereocenters. The van der Waals surface area contributed by atoms with E-state index in [0.29, 0.717) is 23.5 Å². The van der Waals surface area contributed by atoms with E-state index in [1.54, 1.807) is 13.8 Å². The number of esters is 1. The molecule has 0 radical (unpaired) electrons. The largest absolute Gasteiger partial charge is 0.507 e. The van der Waals surface area contributed by atoms with Gasteiger partial charge in [0.1, 0.15) is 28.4 Å². The van der Waals surface area contributed by atoms with Gasteiger partial charge in [0.2, 0.25) is 0 Å². The van der Waals surface area contributed by atoms with Gasteiger partial charge in [-0.2, -0.15) is 0 Å². The van der Waals surface area contributed by atoms with Crippen molar-refractivity contribution in [2.24, 2.45) is 5.92 Å². The zero-order valence-corrected chi connectivity index (χ0v) is 16.0. The number of aromatic hydroxyl groups is 1. The van der Waals surface area contributed by atoms with Crippen LogP contribution in [0, 0.1) is 12.8 Å². The van der Waals surface area contributed by atoms with Crippen molar-refractivity contribution < 1.29 is 24.1 Å². The maximum Gasteiger partial charge on any atom is 0.342 e. The Hall–Kier alpha value is -2.69. The number of rotatable bonds is 2. The summed E-state index contributed by atoms with van der Waals surface area (Å²) < 4.78 is 17.4. The summed E-state index contributed by atoms with van der Waals surface area (Å²) in [5.74, 6) is 0.731. The first-order valence-electron chi connectivity index (χ1n) is 9.29. The lowest BCUT2D eigenvalue weighted by Gasteiger charge is -2.47. The van der Waals surface area contributed by atoms with Crippen molar-refractivity contribution in [3.05, 3.63) is 52.6 Å². The quantitative estimate of drug-likeness (QED) is 0.805. The van der Waals surface area contributed by atoms with Gasteiger partial charge in [0.15, 0.2) is 0 Å². The van der Waals surface area contributed by atoms with Crippen molar-refractivity contribution in [3.63, 3.8) is 0 Å². The molecule has 0 bridgehead atoms. The molecule has 0 fully saturated rings. The SMILES string of the molecule is CCOC(=O)c1c(C)cc2c(c1O)[C@H]1c3ccccc3OC[C@H]1C(C)(C)O2. The Balaban J connectivity index is 1.97. The van der Waals surface area contributed by atoms with Crippen LogP contribution in [0.1, 0.15) is 53.7 Å². The van der Waals surface area contributed by atoms with Gasteiger partial charge < -0.3 is 19.3 Å². The van der Waals surface area contributed by atoms with E-state index < -0.39 is 11.6 Å². The third kappa shape index (κ3) is 2.64. The highest BCUT2D eigenvalue weighted by Crippen LogP contribution is 2.56. The van der Waals surface area contributed by atoms with Crippen LogP contribution in [0.15, 0.2) is 30.3 Å². The van der Waals surface area contributed by atoms with Crippen molar-refractivity contribution >= 4 is 5.97 Å². The fourth-order valence-electron chi connectivity index (χ4n) is 4.31. The van der Waals surface area contributed by atoms with Crippen LogP contribution in [0.25, 0.3) is 0 Å². The number of benzene rings is 2. The van der Waals surface area contributed by atoms with E-state index in [4.69, 9.17) is 14.2 Å². The molecule has 1 N–H and O–H groups in total. The van der Waals surface area contributed by atoms with E-state index in [-0.39, 0.29) is 29.8 Å². The Morgan fingerprint density at radius 1 is 1.30 bits per heavy atom. The molecule has 2 aliphatic rings. The number of aryl methyl sites for hydroxylation is 1.